The van der Waals surface area contributed by atoms with Gasteiger partial charge in [-0.1, -0.05) is 49.6 Å². The summed E-state index contributed by atoms with van der Waals surface area (Å²) in [7, 11) is 1.75. The van der Waals surface area contributed by atoms with Crippen molar-refractivity contribution >= 4 is 5.91 Å². The van der Waals surface area contributed by atoms with Crippen molar-refractivity contribution in [1.29, 1.82) is 0 Å². The van der Waals surface area contributed by atoms with Gasteiger partial charge in [0.1, 0.15) is 0 Å². The third-order valence-electron chi connectivity index (χ3n) is 5.21. The first-order valence-electron chi connectivity index (χ1n) is 9.28. The number of aliphatic hydroxyl groups excluding tert-OH is 1. The van der Waals surface area contributed by atoms with Crippen molar-refractivity contribution < 1.29 is 14.6 Å². The van der Waals surface area contributed by atoms with E-state index in [9.17, 15) is 9.90 Å². The van der Waals surface area contributed by atoms with E-state index >= 15 is 0 Å². The molecule has 1 aliphatic carbocycles. The van der Waals surface area contributed by atoms with Gasteiger partial charge in [-0.05, 0) is 30.4 Å². The fourth-order valence-corrected chi connectivity index (χ4v) is 3.57. The molecule has 5 heteroatoms. The average Bonchev–Trinajstić information content (AvgIpc) is 2.63. The van der Waals surface area contributed by atoms with Crippen LogP contribution in [0.1, 0.15) is 44.1 Å². The van der Waals surface area contributed by atoms with Crippen molar-refractivity contribution in [2.45, 2.75) is 51.2 Å². The predicted octanol–water partition coefficient (Wildman–Crippen LogP) is 2.32. The number of rotatable bonds is 9. The molecule has 5 nitrogen and oxygen atoms in total. The van der Waals surface area contributed by atoms with Crippen LogP contribution in [0.2, 0.25) is 0 Å². The van der Waals surface area contributed by atoms with E-state index in [1.165, 1.54) is 6.42 Å². The standard InChI is InChI=1S/C20H32N2O3/c1-22(19(24)12-20(16-21)10-6-3-7-11-20)13-18(23)15-25-14-17-8-4-2-5-9-17/h2,4-5,8-9,18,23H,3,6-7,10-16,21H2,1H3. The second kappa shape index (κ2) is 9.90. The molecule has 140 valence electrons. The van der Waals surface area contributed by atoms with Gasteiger partial charge in [0.05, 0.1) is 19.3 Å². The molecule has 1 aromatic carbocycles. The summed E-state index contributed by atoms with van der Waals surface area (Å²) in [5.41, 5.74) is 7.00. The molecule has 1 aromatic rings. The van der Waals surface area contributed by atoms with Gasteiger partial charge in [0.2, 0.25) is 5.91 Å². The largest absolute Gasteiger partial charge is 0.389 e. The maximum Gasteiger partial charge on any atom is 0.223 e. The molecule has 0 saturated heterocycles. The Bertz CT molecular complexity index is 515. The highest BCUT2D eigenvalue weighted by atomic mass is 16.5. The van der Waals surface area contributed by atoms with Crippen LogP contribution >= 0.6 is 0 Å². The molecule has 0 aromatic heterocycles. The van der Waals surface area contributed by atoms with Gasteiger partial charge in [-0.2, -0.15) is 0 Å². The molecule has 0 aliphatic heterocycles. The Morgan fingerprint density at radius 2 is 1.96 bits per heavy atom. The minimum atomic E-state index is -0.683. The third kappa shape index (κ3) is 6.42. The molecular formula is C20H32N2O3. The number of hydrogen-bond acceptors (Lipinski definition) is 4. The number of nitrogens with two attached hydrogens (primary N) is 1. The first-order valence-corrected chi connectivity index (χ1v) is 9.28. The summed E-state index contributed by atoms with van der Waals surface area (Å²) in [6, 6.07) is 9.84. The van der Waals surface area contributed by atoms with Crippen molar-refractivity contribution in [3.05, 3.63) is 35.9 Å². The first-order chi connectivity index (χ1) is 12.0. The summed E-state index contributed by atoms with van der Waals surface area (Å²) in [6.07, 6.45) is 5.42. The quantitative estimate of drug-likeness (QED) is 0.718. The van der Waals surface area contributed by atoms with E-state index in [1.807, 2.05) is 30.3 Å². The molecular weight excluding hydrogens is 316 g/mol. The smallest absolute Gasteiger partial charge is 0.223 e. The van der Waals surface area contributed by atoms with Crippen molar-refractivity contribution in [3.8, 4) is 0 Å². The number of nitrogens with zero attached hydrogens (tertiary/aromatic N) is 1. The average molecular weight is 348 g/mol. The van der Waals surface area contributed by atoms with Gasteiger partial charge < -0.3 is 20.5 Å². The number of ether oxygens (including phenoxy) is 1. The lowest BCUT2D eigenvalue weighted by Gasteiger charge is -2.37. The second-order valence-corrected chi connectivity index (χ2v) is 7.37. The van der Waals surface area contributed by atoms with Gasteiger partial charge in [-0.3, -0.25) is 4.79 Å². The van der Waals surface area contributed by atoms with E-state index in [-0.39, 0.29) is 24.5 Å². The summed E-state index contributed by atoms with van der Waals surface area (Å²) >= 11 is 0. The molecule has 0 bridgehead atoms. The van der Waals surface area contributed by atoms with E-state index in [4.69, 9.17) is 10.5 Å². The lowest BCUT2D eigenvalue weighted by Crippen LogP contribution is -2.42. The maximum absolute atomic E-state index is 12.5. The fourth-order valence-electron chi connectivity index (χ4n) is 3.57. The van der Waals surface area contributed by atoms with E-state index in [1.54, 1.807) is 11.9 Å². The molecule has 0 heterocycles. The van der Waals surface area contributed by atoms with E-state index < -0.39 is 6.10 Å². The van der Waals surface area contributed by atoms with Gasteiger partial charge in [0.25, 0.3) is 0 Å². The molecule has 0 radical (unpaired) electrons. The van der Waals surface area contributed by atoms with Crippen LogP contribution in [-0.2, 0) is 16.1 Å². The molecule has 1 saturated carbocycles. The zero-order valence-corrected chi connectivity index (χ0v) is 15.3. The van der Waals surface area contributed by atoms with E-state index in [0.717, 1.165) is 31.2 Å². The predicted molar refractivity (Wildman–Crippen MR) is 98.9 cm³/mol. The summed E-state index contributed by atoms with van der Waals surface area (Å²) < 4.78 is 5.55. The van der Waals surface area contributed by atoms with Gasteiger partial charge in [0.15, 0.2) is 0 Å². The zero-order valence-electron chi connectivity index (χ0n) is 15.3. The Morgan fingerprint density at radius 1 is 1.28 bits per heavy atom. The van der Waals surface area contributed by atoms with Gasteiger partial charge in [-0.15, -0.1) is 0 Å². The van der Waals surface area contributed by atoms with Crippen molar-refractivity contribution in [2.24, 2.45) is 11.1 Å². The lowest BCUT2D eigenvalue weighted by molar-refractivity contribution is -0.134. The number of aliphatic hydroxyl groups is 1. The number of carbonyl (C=O) groups excluding carboxylic acids is 1. The van der Waals surface area contributed by atoms with Gasteiger partial charge >= 0.3 is 0 Å². The lowest BCUT2D eigenvalue weighted by atomic mass is 9.71. The van der Waals surface area contributed by atoms with Crippen molar-refractivity contribution in [2.75, 3.05) is 26.7 Å². The number of amides is 1. The molecule has 25 heavy (non-hydrogen) atoms. The topological polar surface area (TPSA) is 75.8 Å². The van der Waals surface area contributed by atoms with Crippen LogP contribution < -0.4 is 5.73 Å². The van der Waals surface area contributed by atoms with Crippen LogP contribution in [0.15, 0.2) is 30.3 Å². The number of likely N-dealkylation sites (N-methyl/N-ethyl adjacent to an activating group) is 1. The SMILES string of the molecule is CN(CC(O)COCc1ccccc1)C(=O)CC1(CN)CCCCC1. The molecule has 0 spiro atoms. The summed E-state index contributed by atoms with van der Waals surface area (Å²) in [6.45, 7) is 1.53. The summed E-state index contributed by atoms with van der Waals surface area (Å²) in [5.74, 6) is 0.0643. The Labute approximate surface area is 151 Å². The minimum Gasteiger partial charge on any atom is -0.389 e. The van der Waals surface area contributed by atoms with E-state index in [0.29, 0.717) is 19.6 Å². The normalized spacial score (nSPS) is 17.9. The van der Waals surface area contributed by atoms with Crippen molar-refractivity contribution in [1.82, 2.24) is 4.90 Å². The highest BCUT2D eigenvalue weighted by molar-refractivity contribution is 5.76. The first kappa shape index (κ1) is 19.9. The molecule has 1 atom stereocenters. The molecule has 2 rings (SSSR count). The van der Waals surface area contributed by atoms with Crippen LogP contribution in [0, 0.1) is 5.41 Å². The van der Waals surface area contributed by atoms with Crippen LogP contribution in [0.3, 0.4) is 0 Å². The van der Waals surface area contributed by atoms with Crippen LogP contribution in [-0.4, -0.2) is 48.8 Å². The number of carbonyl (C=O) groups is 1. The molecule has 1 unspecified atom stereocenters. The third-order valence-corrected chi connectivity index (χ3v) is 5.21. The fraction of sp³-hybridized carbons (Fsp3) is 0.650. The second-order valence-electron chi connectivity index (χ2n) is 7.37. The summed E-state index contributed by atoms with van der Waals surface area (Å²) in [4.78, 5) is 14.1. The van der Waals surface area contributed by atoms with Crippen molar-refractivity contribution in [3.63, 3.8) is 0 Å². The Balaban J connectivity index is 1.72. The highest BCUT2D eigenvalue weighted by Gasteiger charge is 2.34. The van der Waals surface area contributed by atoms with Crippen LogP contribution in [0.25, 0.3) is 0 Å². The number of hydrogen-bond donors (Lipinski definition) is 2. The molecule has 1 aliphatic rings. The van der Waals surface area contributed by atoms with Gasteiger partial charge in [-0.25, -0.2) is 0 Å². The highest BCUT2D eigenvalue weighted by Crippen LogP contribution is 2.38. The monoisotopic (exact) mass is 348 g/mol. The molecule has 3 N–H and O–H groups in total. The Hall–Kier alpha value is -1.43. The Morgan fingerprint density at radius 3 is 2.60 bits per heavy atom. The minimum absolute atomic E-state index is 0.0433. The van der Waals surface area contributed by atoms with Crippen LogP contribution in [0.5, 0.6) is 0 Å². The van der Waals surface area contributed by atoms with Crippen LogP contribution in [0.4, 0.5) is 0 Å². The Kier molecular flexibility index (Phi) is 7.88. The van der Waals surface area contributed by atoms with E-state index in [2.05, 4.69) is 0 Å². The molecule has 1 amide bonds. The zero-order chi connectivity index (χ0) is 18.1. The van der Waals surface area contributed by atoms with Gasteiger partial charge in [0, 0.05) is 20.0 Å². The molecule has 1 fully saturated rings. The summed E-state index contributed by atoms with van der Waals surface area (Å²) in [5, 5.41) is 10.1. The maximum atomic E-state index is 12.5. The number of benzene rings is 1.